The van der Waals surface area contributed by atoms with E-state index in [1.807, 2.05) is 0 Å². The molecule has 0 fully saturated rings. The summed E-state index contributed by atoms with van der Waals surface area (Å²) in [6.45, 7) is 0. The van der Waals surface area contributed by atoms with E-state index in [-0.39, 0.29) is 59.4 Å². The van der Waals surface area contributed by atoms with Gasteiger partial charge in [0.25, 0.3) is 0 Å². The third kappa shape index (κ3) is 480. The molecule has 0 aliphatic rings. The van der Waals surface area contributed by atoms with Gasteiger partial charge in [-0.1, -0.05) is 0 Å². The Bertz CT molecular complexity index is 140. The largest absolute Gasteiger partial charge is 1.00 e. The zero-order chi connectivity index (χ0) is 9.00. The quantitative estimate of drug-likeness (QED) is 0.189. The third-order valence-electron chi connectivity index (χ3n) is 0. The van der Waals surface area contributed by atoms with Crippen LogP contribution >= 0.6 is 15.6 Å². The number of phosphoric acid groups is 2. The molecule has 0 spiro atoms. The second kappa shape index (κ2) is 12.1. The monoisotopic (exact) mass is 282 g/mol. The Morgan fingerprint density at radius 3 is 0.769 bits per heavy atom. The third-order valence-corrected chi connectivity index (χ3v) is 0. The average molecular weight is 282 g/mol. The minimum absolute atomic E-state index is 0. The first-order chi connectivity index (χ1) is 4.00. The van der Waals surface area contributed by atoms with Gasteiger partial charge in [0.1, 0.15) is 0 Å². The summed E-state index contributed by atoms with van der Waals surface area (Å²) in [6.07, 6.45) is 0. The normalized spacial score (nSPS) is 9.08. The van der Waals surface area contributed by atoms with Gasteiger partial charge in [-0.3, -0.25) is 0 Å². The summed E-state index contributed by atoms with van der Waals surface area (Å²) in [5, 5.41) is 0. The summed E-state index contributed by atoms with van der Waals surface area (Å²) < 4.78 is 17.8. The van der Waals surface area contributed by atoms with E-state index >= 15 is 0 Å². The Morgan fingerprint density at radius 1 is 0.769 bits per heavy atom. The van der Waals surface area contributed by atoms with Gasteiger partial charge in [0, 0.05) is 21.7 Å². The zero-order valence-electron chi connectivity index (χ0n) is 6.89. The van der Waals surface area contributed by atoms with Crippen LogP contribution in [0, 0.1) is 0 Å². The second-order valence-electron chi connectivity index (χ2n) is 1.03. The van der Waals surface area contributed by atoms with Crippen molar-refractivity contribution >= 4 is 33.0 Å². The molecule has 13 heavy (non-hydrogen) atoms. The van der Waals surface area contributed by atoms with Crippen molar-refractivity contribution in [2.75, 3.05) is 0 Å². The molecule has 0 heterocycles. The Labute approximate surface area is 113 Å². The van der Waals surface area contributed by atoms with Gasteiger partial charge in [-0.15, -0.1) is 0 Å². The summed E-state index contributed by atoms with van der Waals surface area (Å²) in [4.78, 5) is 43.1. The minimum Gasteiger partial charge on any atom is -1.00 e. The molecule has 0 radical (unpaired) electrons. The minimum atomic E-state index is -4.64. The first-order valence-corrected chi connectivity index (χ1v) is 4.70. The van der Waals surface area contributed by atoms with Gasteiger partial charge in [-0.2, -0.15) is 0 Å². The Kier molecular flexibility index (Phi) is 27.5. The van der Waals surface area contributed by atoms with E-state index in [1.165, 1.54) is 0 Å². The maximum absolute atomic E-state index is 8.88. The molecule has 13 heteroatoms. The standard InChI is InChI=1S/Al.Li.2H3O4P.Ti.4H/c;;2*1-5(2,3)4;;;;;/h;;2*(H3,1,2,3,4);;;;;/q;+1;;;;;;;-1. The van der Waals surface area contributed by atoms with Crippen LogP contribution in [0.1, 0.15) is 1.43 Å². The SMILES string of the molecule is O=P(O)(O)O.O=P(O)(O)O.[AlH3].[H-].[Li+].[Ti]. The average Bonchev–Trinajstić information content (AvgIpc) is 1.12. The van der Waals surface area contributed by atoms with E-state index in [4.69, 9.17) is 38.5 Å². The van der Waals surface area contributed by atoms with Gasteiger partial charge in [-0.25, -0.2) is 9.13 Å². The molecule has 0 amide bonds. The van der Waals surface area contributed by atoms with Crippen molar-refractivity contribution < 1.29 is 80.5 Å². The molecule has 6 N–H and O–H groups in total. The van der Waals surface area contributed by atoms with Crippen molar-refractivity contribution in [3.63, 3.8) is 0 Å². The van der Waals surface area contributed by atoms with Crippen molar-refractivity contribution in [1.29, 1.82) is 0 Å². The molecule has 8 nitrogen and oxygen atoms in total. The molecule has 0 unspecified atom stereocenters. The molecule has 0 aromatic carbocycles. The van der Waals surface area contributed by atoms with Gasteiger partial charge in [0.15, 0.2) is 17.4 Å². The zero-order valence-corrected chi connectivity index (χ0v) is 9.24. The number of hydrogen-bond acceptors (Lipinski definition) is 2. The first-order valence-electron chi connectivity index (χ1n) is 1.57. The fourth-order valence-electron chi connectivity index (χ4n) is 0. The molecule has 0 saturated heterocycles. The second-order valence-corrected chi connectivity index (χ2v) is 3.08. The maximum atomic E-state index is 8.88. The van der Waals surface area contributed by atoms with Crippen molar-refractivity contribution in [3.05, 3.63) is 0 Å². The van der Waals surface area contributed by atoms with Crippen LogP contribution in [-0.2, 0) is 30.8 Å². The van der Waals surface area contributed by atoms with Crippen molar-refractivity contribution in [3.8, 4) is 0 Å². The van der Waals surface area contributed by atoms with E-state index in [1.54, 1.807) is 0 Å². The predicted molar refractivity (Wildman–Crippen MR) is 39.6 cm³/mol. The van der Waals surface area contributed by atoms with Crippen molar-refractivity contribution in [2.24, 2.45) is 0 Å². The van der Waals surface area contributed by atoms with Crippen LogP contribution in [0.5, 0.6) is 0 Å². The number of rotatable bonds is 0. The summed E-state index contributed by atoms with van der Waals surface area (Å²) in [7, 11) is -9.28. The Balaban J connectivity index is -0.0000000178. The van der Waals surface area contributed by atoms with Crippen molar-refractivity contribution in [2.45, 2.75) is 0 Å². The molecule has 0 aliphatic carbocycles. The van der Waals surface area contributed by atoms with Crippen molar-refractivity contribution in [1.82, 2.24) is 0 Å². The van der Waals surface area contributed by atoms with Crippen LogP contribution in [0.4, 0.5) is 0 Å². The van der Waals surface area contributed by atoms with Crippen LogP contribution in [0.15, 0.2) is 0 Å². The number of hydrogen-bond donors (Lipinski definition) is 6. The molecular weight excluding hydrogens is 272 g/mol. The topological polar surface area (TPSA) is 156 Å². The molecule has 0 bridgehead atoms. The summed E-state index contributed by atoms with van der Waals surface area (Å²) in [6, 6.07) is 0. The maximum Gasteiger partial charge on any atom is 1.00 e. The summed E-state index contributed by atoms with van der Waals surface area (Å²) >= 11 is 0. The molecule has 0 aromatic heterocycles. The van der Waals surface area contributed by atoms with Crippen LogP contribution in [0.25, 0.3) is 0 Å². The van der Waals surface area contributed by atoms with Gasteiger partial charge in [-0.05, 0) is 0 Å². The van der Waals surface area contributed by atoms with E-state index in [9.17, 15) is 0 Å². The van der Waals surface area contributed by atoms with E-state index in [0.29, 0.717) is 0 Å². The van der Waals surface area contributed by atoms with Crippen LogP contribution in [0.2, 0.25) is 0 Å². The van der Waals surface area contributed by atoms with E-state index in [0.717, 1.165) is 0 Å². The van der Waals surface area contributed by atoms with Crippen LogP contribution in [0.3, 0.4) is 0 Å². The molecule has 0 saturated carbocycles. The smallest absolute Gasteiger partial charge is 1.00 e. The predicted octanol–water partition coefficient (Wildman–Crippen LogP) is -5.93. The fraction of sp³-hybridized carbons (Fsp3) is 0. The van der Waals surface area contributed by atoms with Gasteiger partial charge in [0.05, 0.1) is 0 Å². The molecule has 76 valence electrons. The molecule has 0 rings (SSSR count). The molecule has 0 atom stereocenters. The fourth-order valence-corrected chi connectivity index (χ4v) is 0. The Hall–Kier alpha value is 2.06. The molecule has 0 aliphatic heterocycles. The van der Waals surface area contributed by atoms with E-state index < -0.39 is 15.6 Å². The van der Waals surface area contributed by atoms with E-state index in [2.05, 4.69) is 0 Å². The van der Waals surface area contributed by atoms with Gasteiger partial charge < -0.3 is 30.8 Å². The molecule has 0 aromatic rings. The van der Waals surface area contributed by atoms with Crippen LogP contribution in [-0.4, -0.2) is 46.7 Å². The first kappa shape index (κ1) is 29.4. The summed E-state index contributed by atoms with van der Waals surface area (Å²) in [5.74, 6) is 0. The van der Waals surface area contributed by atoms with Gasteiger partial charge in [0.2, 0.25) is 0 Å². The Morgan fingerprint density at radius 2 is 0.769 bits per heavy atom. The molecular formula is H10AlLiO8P2Ti. The van der Waals surface area contributed by atoms with Gasteiger partial charge >= 0.3 is 34.5 Å². The van der Waals surface area contributed by atoms with Crippen LogP contribution < -0.4 is 18.9 Å². The summed E-state index contributed by atoms with van der Waals surface area (Å²) in [5.41, 5.74) is 0.